The topological polar surface area (TPSA) is 32.3 Å². The van der Waals surface area contributed by atoms with Gasteiger partial charge in [0.2, 0.25) is 5.91 Å². The van der Waals surface area contributed by atoms with E-state index < -0.39 is 0 Å². The Morgan fingerprint density at radius 2 is 2.10 bits per heavy atom. The maximum Gasteiger partial charge on any atom is 0.227 e. The summed E-state index contributed by atoms with van der Waals surface area (Å²) in [6.45, 7) is 2.61. The van der Waals surface area contributed by atoms with Gasteiger partial charge in [0, 0.05) is 23.1 Å². The molecule has 0 spiro atoms. The molecule has 3 nitrogen and oxygen atoms in total. The number of carbonyl (C=O) groups is 1. The molecule has 1 aromatic carbocycles. The maximum atomic E-state index is 12.4. The molecule has 0 aromatic heterocycles. The van der Waals surface area contributed by atoms with Crippen molar-refractivity contribution in [3.05, 3.63) is 33.8 Å². The van der Waals surface area contributed by atoms with Gasteiger partial charge in [0.1, 0.15) is 0 Å². The average Bonchev–Trinajstić information content (AvgIpc) is 2.43. The first-order valence-corrected chi connectivity index (χ1v) is 7.72. The van der Waals surface area contributed by atoms with E-state index in [4.69, 9.17) is 23.2 Å². The van der Waals surface area contributed by atoms with Gasteiger partial charge in [0.15, 0.2) is 0 Å². The van der Waals surface area contributed by atoms with Crippen LogP contribution in [0.5, 0.6) is 0 Å². The summed E-state index contributed by atoms with van der Waals surface area (Å²) < 4.78 is 0. The standard InChI is InChI=1S/C15H20Cl2N2O/c1-18-9-11-4-3-7-19(10-11)15(20)8-12-13(16)5-2-6-14(12)17/h2,5-6,11,18H,3-4,7-10H2,1H3. The summed E-state index contributed by atoms with van der Waals surface area (Å²) in [5.41, 5.74) is 0.733. The number of hydrogen-bond donors (Lipinski definition) is 1. The molecule has 1 saturated heterocycles. The lowest BCUT2D eigenvalue weighted by atomic mass is 9.97. The molecule has 1 fully saturated rings. The third-order valence-electron chi connectivity index (χ3n) is 3.75. The second-order valence-electron chi connectivity index (χ2n) is 5.28. The lowest BCUT2D eigenvalue weighted by molar-refractivity contribution is -0.132. The van der Waals surface area contributed by atoms with Crippen molar-refractivity contribution in [2.45, 2.75) is 19.3 Å². The molecule has 0 saturated carbocycles. The number of benzene rings is 1. The first-order valence-electron chi connectivity index (χ1n) is 6.97. The lowest BCUT2D eigenvalue weighted by Crippen LogP contribution is -2.43. The van der Waals surface area contributed by atoms with E-state index in [2.05, 4.69) is 5.32 Å². The van der Waals surface area contributed by atoms with Crippen molar-refractivity contribution in [2.24, 2.45) is 5.92 Å². The van der Waals surface area contributed by atoms with Gasteiger partial charge in [-0.05, 0) is 50.0 Å². The van der Waals surface area contributed by atoms with Crippen molar-refractivity contribution in [1.29, 1.82) is 0 Å². The highest BCUT2D eigenvalue weighted by Crippen LogP contribution is 2.26. The highest BCUT2D eigenvalue weighted by Gasteiger charge is 2.24. The monoisotopic (exact) mass is 314 g/mol. The molecule has 1 heterocycles. The Kier molecular flexibility index (Phi) is 5.70. The predicted octanol–water partition coefficient (Wildman–Crippen LogP) is 2.99. The van der Waals surface area contributed by atoms with Crippen LogP contribution in [0.1, 0.15) is 18.4 Å². The summed E-state index contributed by atoms with van der Waals surface area (Å²) in [5, 5.41) is 4.31. The fraction of sp³-hybridized carbons (Fsp3) is 0.533. The van der Waals surface area contributed by atoms with Crippen molar-refractivity contribution in [3.8, 4) is 0 Å². The van der Waals surface area contributed by atoms with Gasteiger partial charge in [-0.3, -0.25) is 4.79 Å². The number of rotatable bonds is 4. The van der Waals surface area contributed by atoms with Crippen LogP contribution in [0.4, 0.5) is 0 Å². The van der Waals surface area contributed by atoms with Gasteiger partial charge >= 0.3 is 0 Å². The third-order valence-corrected chi connectivity index (χ3v) is 4.46. The molecule has 0 radical (unpaired) electrons. The number of hydrogen-bond acceptors (Lipinski definition) is 2. The van der Waals surface area contributed by atoms with Crippen LogP contribution in [-0.2, 0) is 11.2 Å². The van der Waals surface area contributed by atoms with Crippen LogP contribution in [0, 0.1) is 5.92 Å². The molecule has 5 heteroatoms. The van der Waals surface area contributed by atoms with Gasteiger partial charge in [-0.25, -0.2) is 0 Å². The Morgan fingerprint density at radius 1 is 1.40 bits per heavy atom. The number of carbonyl (C=O) groups excluding carboxylic acids is 1. The molecule has 2 rings (SSSR count). The highest BCUT2D eigenvalue weighted by atomic mass is 35.5. The third kappa shape index (κ3) is 3.87. The molecule has 110 valence electrons. The van der Waals surface area contributed by atoms with Crippen molar-refractivity contribution in [1.82, 2.24) is 10.2 Å². The van der Waals surface area contributed by atoms with E-state index in [1.807, 2.05) is 11.9 Å². The second kappa shape index (κ2) is 7.30. The Hall–Kier alpha value is -0.770. The zero-order valence-corrected chi connectivity index (χ0v) is 13.2. The molecule has 1 aliphatic rings. The van der Waals surface area contributed by atoms with E-state index in [0.29, 0.717) is 16.0 Å². The van der Waals surface area contributed by atoms with Crippen molar-refractivity contribution in [2.75, 3.05) is 26.7 Å². The van der Waals surface area contributed by atoms with E-state index in [0.717, 1.165) is 31.6 Å². The smallest absolute Gasteiger partial charge is 0.227 e. The highest BCUT2D eigenvalue weighted by molar-refractivity contribution is 6.36. The van der Waals surface area contributed by atoms with Gasteiger partial charge in [0.05, 0.1) is 6.42 Å². The Balaban J connectivity index is 2.01. The van der Waals surface area contributed by atoms with Gasteiger partial charge in [-0.2, -0.15) is 0 Å². The Morgan fingerprint density at radius 3 is 2.75 bits per heavy atom. The molecule has 1 atom stereocenters. The summed E-state index contributed by atoms with van der Waals surface area (Å²) in [5.74, 6) is 0.653. The summed E-state index contributed by atoms with van der Waals surface area (Å²) >= 11 is 12.3. The van der Waals surface area contributed by atoms with E-state index >= 15 is 0 Å². The molecular weight excluding hydrogens is 295 g/mol. The lowest BCUT2D eigenvalue weighted by Gasteiger charge is -2.33. The fourth-order valence-electron chi connectivity index (χ4n) is 2.71. The first kappa shape index (κ1) is 15.6. The minimum absolute atomic E-state index is 0.112. The minimum Gasteiger partial charge on any atom is -0.342 e. The van der Waals surface area contributed by atoms with Crippen LogP contribution in [0.2, 0.25) is 10.0 Å². The molecule has 1 aliphatic heterocycles. The van der Waals surface area contributed by atoms with Gasteiger partial charge < -0.3 is 10.2 Å². The quantitative estimate of drug-likeness (QED) is 0.926. The van der Waals surface area contributed by atoms with Crippen molar-refractivity contribution in [3.63, 3.8) is 0 Å². The SMILES string of the molecule is CNCC1CCCN(C(=O)Cc2c(Cl)cccc2Cl)C1. The number of nitrogens with one attached hydrogen (secondary N) is 1. The van der Waals surface area contributed by atoms with E-state index in [1.165, 1.54) is 6.42 Å². The van der Waals surface area contributed by atoms with Gasteiger partial charge in [0.25, 0.3) is 0 Å². The molecule has 0 bridgehead atoms. The summed E-state index contributed by atoms with van der Waals surface area (Å²) in [4.78, 5) is 14.3. The zero-order valence-electron chi connectivity index (χ0n) is 11.7. The number of nitrogens with zero attached hydrogens (tertiary/aromatic N) is 1. The number of amides is 1. The Bertz CT molecular complexity index is 457. The van der Waals surface area contributed by atoms with Gasteiger partial charge in [-0.15, -0.1) is 0 Å². The molecule has 1 amide bonds. The normalized spacial score (nSPS) is 19.1. The van der Waals surface area contributed by atoms with E-state index in [1.54, 1.807) is 18.2 Å². The van der Waals surface area contributed by atoms with E-state index in [-0.39, 0.29) is 12.3 Å². The largest absolute Gasteiger partial charge is 0.342 e. The summed E-state index contributed by atoms with van der Waals surface area (Å²) in [6, 6.07) is 5.34. The van der Waals surface area contributed by atoms with Crippen LogP contribution in [0.3, 0.4) is 0 Å². The van der Waals surface area contributed by atoms with Crippen molar-refractivity contribution >= 4 is 29.1 Å². The van der Waals surface area contributed by atoms with Crippen LogP contribution in [-0.4, -0.2) is 37.5 Å². The molecule has 1 aromatic rings. The van der Waals surface area contributed by atoms with Crippen LogP contribution in [0.25, 0.3) is 0 Å². The van der Waals surface area contributed by atoms with E-state index in [9.17, 15) is 4.79 Å². The zero-order chi connectivity index (χ0) is 14.5. The first-order chi connectivity index (χ1) is 9.61. The predicted molar refractivity (Wildman–Crippen MR) is 83.4 cm³/mol. The summed E-state index contributed by atoms with van der Waals surface area (Å²) in [6.07, 6.45) is 2.52. The molecule has 1 N–H and O–H groups in total. The maximum absolute atomic E-state index is 12.4. The van der Waals surface area contributed by atoms with Crippen LogP contribution < -0.4 is 5.32 Å². The van der Waals surface area contributed by atoms with Crippen molar-refractivity contribution < 1.29 is 4.79 Å². The summed E-state index contributed by atoms with van der Waals surface area (Å²) in [7, 11) is 1.95. The molecule has 0 aliphatic carbocycles. The Labute approximate surface area is 130 Å². The number of halogens is 2. The van der Waals surface area contributed by atoms with Crippen LogP contribution in [0.15, 0.2) is 18.2 Å². The van der Waals surface area contributed by atoms with Gasteiger partial charge in [-0.1, -0.05) is 29.3 Å². The fourth-order valence-corrected chi connectivity index (χ4v) is 3.24. The second-order valence-corrected chi connectivity index (χ2v) is 6.10. The van der Waals surface area contributed by atoms with Crippen LogP contribution >= 0.6 is 23.2 Å². The molecule has 20 heavy (non-hydrogen) atoms. The molecule has 1 unspecified atom stereocenters. The molecular formula is C15H20Cl2N2O. The average molecular weight is 315 g/mol. The number of likely N-dealkylation sites (tertiary alicyclic amines) is 1. The number of piperidine rings is 1. The minimum atomic E-state index is 0.112.